The van der Waals surface area contributed by atoms with E-state index in [0.29, 0.717) is 24.3 Å². The van der Waals surface area contributed by atoms with Gasteiger partial charge in [0.2, 0.25) is 11.7 Å². The largest absolute Gasteiger partial charge is 0.338 e. The number of hydrogen-bond acceptors (Lipinski definition) is 5. The summed E-state index contributed by atoms with van der Waals surface area (Å²) in [5.74, 6) is 1.32. The molecule has 2 aromatic rings. The van der Waals surface area contributed by atoms with E-state index in [1.54, 1.807) is 0 Å². The summed E-state index contributed by atoms with van der Waals surface area (Å²) in [5, 5.41) is 7.35. The molecule has 106 valence electrons. The summed E-state index contributed by atoms with van der Waals surface area (Å²) in [6, 6.07) is 8.50. The van der Waals surface area contributed by atoms with Crippen LogP contribution < -0.4 is 5.32 Å². The van der Waals surface area contributed by atoms with Crippen LogP contribution in [0.25, 0.3) is 11.4 Å². The summed E-state index contributed by atoms with van der Waals surface area (Å²) >= 11 is 3.45. The number of nitrogens with zero attached hydrogens (tertiary/aromatic N) is 3. The minimum atomic E-state index is 0.584. The van der Waals surface area contributed by atoms with E-state index in [4.69, 9.17) is 4.52 Å². The summed E-state index contributed by atoms with van der Waals surface area (Å²) in [5.41, 5.74) is 0.961. The quantitative estimate of drug-likeness (QED) is 0.907. The fraction of sp³-hybridized carbons (Fsp3) is 0.429. The Kier molecular flexibility index (Phi) is 4.14. The van der Waals surface area contributed by atoms with E-state index in [1.807, 2.05) is 24.3 Å². The van der Waals surface area contributed by atoms with Gasteiger partial charge in [0.25, 0.3) is 0 Å². The van der Waals surface area contributed by atoms with E-state index < -0.39 is 0 Å². The smallest absolute Gasteiger partial charge is 0.241 e. The molecule has 6 heteroatoms. The van der Waals surface area contributed by atoms with Gasteiger partial charge in [0.05, 0.1) is 6.54 Å². The molecule has 1 N–H and O–H groups in total. The maximum absolute atomic E-state index is 5.37. The molecule has 2 heterocycles. The Morgan fingerprint density at radius 3 is 2.95 bits per heavy atom. The molecule has 0 saturated carbocycles. The number of halogens is 1. The maximum atomic E-state index is 5.37. The molecular formula is C14H17BrN4O. The highest BCUT2D eigenvalue weighted by molar-refractivity contribution is 9.10. The SMILES string of the molecule is CCN(Cc1nc(-c2cccc(Br)c2)no1)C1CNC1. The highest BCUT2D eigenvalue weighted by Crippen LogP contribution is 2.21. The number of aromatic nitrogens is 2. The molecule has 1 fully saturated rings. The highest BCUT2D eigenvalue weighted by atomic mass is 79.9. The van der Waals surface area contributed by atoms with Crippen LogP contribution >= 0.6 is 15.9 Å². The van der Waals surface area contributed by atoms with Crippen molar-refractivity contribution in [1.29, 1.82) is 0 Å². The summed E-state index contributed by atoms with van der Waals surface area (Å²) < 4.78 is 6.38. The van der Waals surface area contributed by atoms with E-state index in [0.717, 1.165) is 29.7 Å². The first-order valence-corrected chi connectivity index (χ1v) is 7.59. The predicted octanol–water partition coefficient (Wildman–Crippen LogP) is 2.29. The first kappa shape index (κ1) is 13.7. The van der Waals surface area contributed by atoms with Gasteiger partial charge in [-0.15, -0.1) is 0 Å². The van der Waals surface area contributed by atoms with Gasteiger partial charge in [0.15, 0.2) is 0 Å². The molecule has 3 rings (SSSR count). The normalized spacial score (nSPS) is 15.6. The van der Waals surface area contributed by atoms with Crippen LogP contribution in [-0.2, 0) is 6.54 Å². The van der Waals surface area contributed by atoms with E-state index in [2.05, 4.69) is 43.2 Å². The second-order valence-corrected chi connectivity index (χ2v) is 5.81. The number of hydrogen-bond donors (Lipinski definition) is 1. The first-order valence-electron chi connectivity index (χ1n) is 6.79. The van der Waals surface area contributed by atoms with Crippen LogP contribution in [0.1, 0.15) is 12.8 Å². The van der Waals surface area contributed by atoms with Crippen LogP contribution in [0.3, 0.4) is 0 Å². The van der Waals surface area contributed by atoms with E-state index in [1.165, 1.54) is 0 Å². The minimum Gasteiger partial charge on any atom is -0.338 e. The van der Waals surface area contributed by atoms with Gasteiger partial charge in [0.1, 0.15) is 0 Å². The zero-order chi connectivity index (χ0) is 13.9. The zero-order valence-corrected chi connectivity index (χ0v) is 12.9. The van der Waals surface area contributed by atoms with Crippen LogP contribution in [-0.4, -0.2) is 40.7 Å². The lowest BCUT2D eigenvalue weighted by Gasteiger charge is -2.36. The van der Waals surface area contributed by atoms with Gasteiger partial charge in [-0.05, 0) is 18.7 Å². The van der Waals surface area contributed by atoms with Crippen LogP contribution in [0.5, 0.6) is 0 Å². The topological polar surface area (TPSA) is 54.2 Å². The third kappa shape index (κ3) is 2.92. The van der Waals surface area contributed by atoms with Crippen molar-refractivity contribution in [3.8, 4) is 11.4 Å². The van der Waals surface area contributed by atoms with Gasteiger partial charge in [0, 0.05) is 29.2 Å². The van der Waals surface area contributed by atoms with Crippen molar-refractivity contribution >= 4 is 15.9 Å². The van der Waals surface area contributed by atoms with E-state index in [-0.39, 0.29) is 0 Å². The molecule has 1 aromatic heterocycles. The molecule has 5 nitrogen and oxygen atoms in total. The molecule has 20 heavy (non-hydrogen) atoms. The standard InChI is InChI=1S/C14H17BrN4O/c1-2-19(12-7-16-8-12)9-13-17-14(18-20-13)10-4-3-5-11(15)6-10/h3-6,12,16H,2,7-9H2,1H3. The van der Waals surface area contributed by atoms with Gasteiger partial charge in [-0.25, -0.2) is 0 Å². The minimum absolute atomic E-state index is 0.584. The monoisotopic (exact) mass is 336 g/mol. The molecule has 0 radical (unpaired) electrons. The molecule has 1 saturated heterocycles. The van der Waals surface area contributed by atoms with Crippen molar-refractivity contribution in [3.05, 3.63) is 34.6 Å². The summed E-state index contributed by atoms with van der Waals surface area (Å²) in [4.78, 5) is 6.85. The number of likely N-dealkylation sites (N-methyl/N-ethyl adjacent to an activating group) is 1. The second-order valence-electron chi connectivity index (χ2n) is 4.90. The molecule has 1 aliphatic heterocycles. The molecular weight excluding hydrogens is 320 g/mol. The molecule has 0 aliphatic carbocycles. The lowest BCUT2D eigenvalue weighted by molar-refractivity contribution is 0.129. The average Bonchev–Trinajstić information content (AvgIpc) is 2.84. The number of rotatable bonds is 5. The Balaban J connectivity index is 1.73. The van der Waals surface area contributed by atoms with Gasteiger partial charge in [-0.2, -0.15) is 4.98 Å². The molecule has 0 atom stereocenters. The van der Waals surface area contributed by atoms with Crippen LogP contribution in [0.2, 0.25) is 0 Å². The molecule has 0 bridgehead atoms. The first-order chi connectivity index (χ1) is 9.76. The Morgan fingerprint density at radius 2 is 2.30 bits per heavy atom. The van der Waals surface area contributed by atoms with Gasteiger partial charge < -0.3 is 9.84 Å². The molecule has 1 aliphatic rings. The Morgan fingerprint density at radius 1 is 1.45 bits per heavy atom. The summed E-state index contributed by atoms with van der Waals surface area (Å²) in [7, 11) is 0. The van der Waals surface area contributed by atoms with Crippen LogP contribution in [0.15, 0.2) is 33.3 Å². The zero-order valence-electron chi connectivity index (χ0n) is 11.3. The Hall–Kier alpha value is -1.24. The summed E-state index contributed by atoms with van der Waals surface area (Å²) in [6.07, 6.45) is 0. The third-order valence-electron chi connectivity index (χ3n) is 3.57. The number of nitrogens with one attached hydrogen (secondary N) is 1. The van der Waals surface area contributed by atoms with E-state index in [9.17, 15) is 0 Å². The highest BCUT2D eigenvalue weighted by Gasteiger charge is 2.24. The molecule has 0 unspecified atom stereocenters. The molecule has 0 amide bonds. The maximum Gasteiger partial charge on any atom is 0.241 e. The van der Waals surface area contributed by atoms with Crippen molar-refractivity contribution in [3.63, 3.8) is 0 Å². The third-order valence-corrected chi connectivity index (χ3v) is 4.07. The molecule has 1 aromatic carbocycles. The average molecular weight is 337 g/mol. The fourth-order valence-corrected chi connectivity index (χ4v) is 2.67. The second kappa shape index (κ2) is 6.03. The van der Waals surface area contributed by atoms with E-state index >= 15 is 0 Å². The van der Waals surface area contributed by atoms with Crippen molar-refractivity contribution in [1.82, 2.24) is 20.4 Å². The predicted molar refractivity (Wildman–Crippen MR) is 80.2 cm³/mol. The van der Waals surface area contributed by atoms with Crippen molar-refractivity contribution in [2.45, 2.75) is 19.5 Å². The van der Waals surface area contributed by atoms with Crippen molar-refractivity contribution in [2.24, 2.45) is 0 Å². The van der Waals surface area contributed by atoms with Crippen molar-refractivity contribution < 1.29 is 4.52 Å². The Labute approximate surface area is 126 Å². The lowest BCUT2D eigenvalue weighted by atomic mass is 10.1. The van der Waals surface area contributed by atoms with Gasteiger partial charge in [-0.1, -0.05) is 40.1 Å². The summed E-state index contributed by atoms with van der Waals surface area (Å²) in [6.45, 7) is 5.94. The fourth-order valence-electron chi connectivity index (χ4n) is 2.27. The van der Waals surface area contributed by atoms with Crippen molar-refractivity contribution in [2.75, 3.05) is 19.6 Å². The molecule has 0 spiro atoms. The van der Waals surface area contributed by atoms with Gasteiger partial charge >= 0.3 is 0 Å². The van der Waals surface area contributed by atoms with Crippen LogP contribution in [0, 0.1) is 0 Å². The lowest BCUT2D eigenvalue weighted by Crippen LogP contribution is -2.56. The van der Waals surface area contributed by atoms with Crippen LogP contribution in [0.4, 0.5) is 0 Å². The van der Waals surface area contributed by atoms with Gasteiger partial charge in [-0.3, -0.25) is 4.90 Å². The number of benzene rings is 1. The Bertz CT molecular complexity index is 582.